The maximum absolute atomic E-state index is 11.4. The standard InChI is InChI=1S/C10H12BrNO/c1-6-3-7(2)9(11)4-8(6)10(13)5-12/h3-4H,5,12H2,1-2H3. The van der Waals surface area contributed by atoms with E-state index in [-0.39, 0.29) is 12.3 Å². The van der Waals surface area contributed by atoms with Crippen LogP contribution in [0.5, 0.6) is 0 Å². The summed E-state index contributed by atoms with van der Waals surface area (Å²) in [6.45, 7) is 3.98. The molecule has 0 atom stereocenters. The molecule has 3 heteroatoms. The van der Waals surface area contributed by atoms with E-state index >= 15 is 0 Å². The first kappa shape index (κ1) is 10.4. The summed E-state index contributed by atoms with van der Waals surface area (Å²) in [4.78, 5) is 11.4. The minimum absolute atomic E-state index is 0.0156. The lowest BCUT2D eigenvalue weighted by Gasteiger charge is -2.06. The predicted octanol–water partition coefficient (Wildman–Crippen LogP) is 2.21. The van der Waals surface area contributed by atoms with Gasteiger partial charge < -0.3 is 5.73 Å². The maximum Gasteiger partial charge on any atom is 0.176 e. The van der Waals surface area contributed by atoms with Crippen molar-refractivity contribution in [2.75, 3.05) is 6.54 Å². The molecule has 0 amide bonds. The first-order chi connectivity index (χ1) is 6.06. The van der Waals surface area contributed by atoms with Crippen LogP contribution in [0.2, 0.25) is 0 Å². The summed E-state index contributed by atoms with van der Waals surface area (Å²) in [5, 5.41) is 0. The third kappa shape index (κ3) is 2.17. The first-order valence-electron chi connectivity index (χ1n) is 4.06. The zero-order valence-electron chi connectivity index (χ0n) is 7.73. The van der Waals surface area contributed by atoms with Gasteiger partial charge >= 0.3 is 0 Å². The summed E-state index contributed by atoms with van der Waals surface area (Å²) in [5.41, 5.74) is 8.12. The highest BCUT2D eigenvalue weighted by Crippen LogP contribution is 2.21. The van der Waals surface area contributed by atoms with E-state index < -0.39 is 0 Å². The number of carbonyl (C=O) groups excluding carboxylic acids is 1. The third-order valence-electron chi connectivity index (χ3n) is 1.99. The highest BCUT2D eigenvalue weighted by molar-refractivity contribution is 9.10. The Morgan fingerprint density at radius 3 is 2.54 bits per heavy atom. The Labute approximate surface area is 86.3 Å². The Kier molecular flexibility index (Phi) is 3.22. The second kappa shape index (κ2) is 4.03. The molecule has 1 aromatic carbocycles. The number of carbonyl (C=O) groups is 1. The monoisotopic (exact) mass is 241 g/mol. The Hall–Kier alpha value is -0.670. The van der Waals surface area contributed by atoms with E-state index in [1.165, 1.54) is 0 Å². The van der Waals surface area contributed by atoms with Gasteiger partial charge in [-0.3, -0.25) is 4.79 Å². The maximum atomic E-state index is 11.4. The molecule has 1 rings (SSSR count). The Morgan fingerprint density at radius 1 is 1.38 bits per heavy atom. The van der Waals surface area contributed by atoms with Crippen LogP contribution >= 0.6 is 15.9 Å². The highest BCUT2D eigenvalue weighted by Gasteiger charge is 2.08. The fraction of sp³-hybridized carbons (Fsp3) is 0.300. The van der Waals surface area contributed by atoms with Gasteiger partial charge in [0.05, 0.1) is 6.54 Å². The van der Waals surface area contributed by atoms with E-state index in [0.717, 1.165) is 15.6 Å². The molecule has 0 saturated carbocycles. The second-order valence-electron chi connectivity index (χ2n) is 3.04. The van der Waals surface area contributed by atoms with Gasteiger partial charge in [0.1, 0.15) is 0 Å². The molecular formula is C10H12BrNO. The number of hydrogen-bond donors (Lipinski definition) is 1. The smallest absolute Gasteiger partial charge is 0.176 e. The molecule has 70 valence electrons. The SMILES string of the molecule is Cc1cc(C)c(C(=O)CN)cc1Br. The average Bonchev–Trinajstić information content (AvgIpc) is 2.10. The van der Waals surface area contributed by atoms with Crippen LogP contribution in [0.4, 0.5) is 0 Å². The molecule has 13 heavy (non-hydrogen) atoms. The first-order valence-corrected chi connectivity index (χ1v) is 4.85. The van der Waals surface area contributed by atoms with Crippen LogP contribution < -0.4 is 5.73 Å². The zero-order chi connectivity index (χ0) is 10.0. The number of nitrogens with two attached hydrogens (primary N) is 1. The quantitative estimate of drug-likeness (QED) is 0.808. The molecule has 0 aromatic heterocycles. The molecule has 0 heterocycles. The Bertz CT molecular complexity index is 347. The zero-order valence-corrected chi connectivity index (χ0v) is 9.31. The number of hydrogen-bond acceptors (Lipinski definition) is 2. The van der Waals surface area contributed by atoms with E-state index in [2.05, 4.69) is 15.9 Å². The largest absolute Gasteiger partial charge is 0.324 e. The van der Waals surface area contributed by atoms with Gasteiger partial charge in [0, 0.05) is 10.0 Å². The normalized spacial score (nSPS) is 10.2. The van der Waals surface area contributed by atoms with Crippen molar-refractivity contribution in [2.45, 2.75) is 13.8 Å². The van der Waals surface area contributed by atoms with Gasteiger partial charge in [0.2, 0.25) is 0 Å². The van der Waals surface area contributed by atoms with Crippen LogP contribution in [0, 0.1) is 13.8 Å². The van der Waals surface area contributed by atoms with Crippen LogP contribution in [0.1, 0.15) is 21.5 Å². The lowest BCUT2D eigenvalue weighted by Crippen LogP contribution is -2.14. The number of halogens is 1. The van der Waals surface area contributed by atoms with Crippen LogP contribution in [-0.4, -0.2) is 12.3 Å². The Balaban J connectivity index is 3.23. The average molecular weight is 242 g/mol. The van der Waals surface area contributed by atoms with Crippen molar-refractivity contribution in [3.8, 4) is 0 Å². The highest BCUT2D eigenvalue weighted by atomic mass is 79.9. The molecule has 2 nitrogen and oxygen atoms in total. The lowest BCUT2D eigenvalue weighted by atomic mass is 10.0. The number of aryl methyl sites for hydroxylation is 2. The molecule has 0 radical (unpaired) electrons. The summed E-state index contributed by atoms with van der Waals surface area (Å²) in [5.74, 6) is -0.0156. The van der Waals surface area contributed by atoms with Crippen molar-refractivity contribution < 1.29 is 4.79 Å². The van der Waals surface area contributed by atoms with E-state index in [9.17, 15) is 4.79 Å². The minimum atomic E-state index is -0.0156. The van der Waals surface area contributed by atoms with Crippen molar-refractivity contribution in [3.63, 3.8) is 0 Å². The lowest BCUT2D eigenvalue weighted by molar-refractivity contribution is 0.100. The fourth-order valence-electron chi connectivity index (χ4n) is 1.24. The van der Waals surface area contributed by atoms with Gasteiger partial charge in [-0.25, -0.2) is 0 Å². The molecule has 0 saturated heterocycles. The summed E-state index contributed by atoms with van der Waals surface area (Å²) >= 11 is 3.38. The second-order valence-corrected chi connectivity index (χ2v) is 3.90. The summed E-state index contributed by atoms with van der Waals surface area (Å²) in [6, 6.07) is 3.81. The van der Waals surface area contributed by atoms with Gasteiger partial charge in [-0.15, -0.1) is 0 Å². The van der Waals surface area contributed by atoms with Crippen molar-refractivity contribution in [1.82, 2.24) is 0 Å². The Morgan fingerprint density at radius 2 is 2.00 bits per heavy atom. The van der Waals surface area contributed by atoms with Crippen LogP contribution in [-0.2, 0) is 0 Å². The van der Waals surface area contributed by atoms with Gasteiger partial charge in [-0.05, 0) is 31.0 Å². The van der Waals surface area contributed by atoms with Crippen LogP contribution in [0.25, 0.3) is 0 Å². The van der Waals surface area contributed by atoms with Crippen LogP contribution in [0.3, 0.4) is 0 Å². The van der Waals surface area contributed by atoms with E-state index in [0.29, 0.717) is 5.56 Å². The summed E-state index contributed by atoms with van der Waals surface area (Å²) in [7, 11) is 0. The molecule has 0 fully saturated rings. The van der Waals surface area contributed by atoms with Gasteiger partial charge in [0.15, 0.2) is 5.78 Å². The third-order valence-corrected chi connectivity index (χ3v) is 2.85. The van der Waals surface area contributed by atoms with Crippen molar-refractivity contribution >= 4 is 21.7 Å². The van der Waals surface area contributed by atoms with Crippen molar-refractivity contribution in [3.05, 3.63) is 33.3 Å². The molecule has 0 bridgehead atoms. The minimum Gasteiger partial charge on any atom is -0.324 e. The molecular weight excluding hydrogens is 230 g/mol. The predicted molar refractivity (Wildman–Crippen MR) is 57.0 cm³/mol. The van der Waals surface area contributed by atoms with E-state index in [1.807, 2.05) is 26.0 Å². The molecule has 0 spiro atoms. The van der Waals surface area contributed by atoms with Crippen molar-refractivity contribution in [2.24, 2.45) is 5.73 Å². The van der Waals surface area contributed by atoms with Crippen LogP contribution in [0.15, 0.2) is 16.6 Å². The van der Waals surface area contributed by atoms with E-state index in [1.54, 1.807) is 0 Å². The molecule has 0 aliphatic heterocycles. The van der Waals surface area contributed by atoms with Gasteiger partial charge in [0.25, 0.3) is 0 Å². The summed E-state index contributed by atoms with van der Waals surface area (Å²) in [6.07, 6.45) is 0. The van der Waals surface area contributed by atoms with Crippen molar-refractivity contribution in [1.29, 1.82) is 0 Å². The number of benzene rings is 1. The topological polar surface area (TPSA) is 43.1 Å². The molecule has 1 aromatic rings. The molecule has 0 unspecified atom stereocenters. The fourth-order valence-corrected chi connectivity index (χ4v) is 1.58. The van der Waals surface area contributed by atoms with E-state index in [4.69, 9.17) is 5.73 Å². The summed E-state index contributed by atoms with van der Waals surface area (Å²) < 4.78 is 0.954. The number of rotatable bonds is 2. The molecule has 0 aliphatic carbocycles. The molecule has 0 aliphatic rings. The number of Topliss-reactive ketones (excluding diaryl/α,β-unsaturated/α-hetero) is 1. The number of ketones is 1. The van der Waals surface area contributed by atoms with Gasteiger partial charge in [-0.1, -0.05) is 22.0 Å². The molecule has 2 N–H and O–H groups in total. The van der Waals surface area contributed by atoms with Gasteiger partial charge in [-0.2, -0.15) is 0 Å².